The van der Waals surface area contributed by atoms with E-state index in [-0.39, 0.29) is 5.75 Å². The molecule has 136 valence electrons. The van der Waals surface area contributed by atoms with E-state index >= 15 is 0 Å². The molecule has 0 radical (unpaired) electrons. The Morgan fingerprint density at radius 2 is 1.89 bits per heavy atom. The molecule has 5 heteroatoms. The van der Waals surface area contributed by atoms with E-state index in [2.05, 4.69) is 40.3 Å². The number of aromatic hydroxyl groups is 1. The number of rotatable bonds is 6. The number of pyridine rings is 1. The number of hydrogen-bond acceptors (Lipinski definition) is 4. The number of thiophene rings is 1. The van der Waals surface area contributed by atoms with Crippen molar-refractivity contribution in [2.75, 3.05) is 6.54 Å². The maximum atomic E-state index is 9.78. The Kier molecular flexibility index (Phi) is 5.39. The Balaban J connectivity index is 1.54. The van der Waals surface area contributed by atoms with Gasteiger partial charge in [0.25, 0.3) is 0 Å². The van der Waals surface area contributed by atoms with Gasteiger partial charge in [-0.05, 0) is 71.9 Å². The first-order valence-corrected chi connectivity index (χ1v) is 10.1. The molecule has 0 unspecified atom stereocenters. The number of halogens is 1. The number of benzene rings is 2. The molecule has 2 heterocycles. The van der Waals surface area contributed by atoms with Gasteiger partial charge >= 0.3 is 0 Å². The summed E-state index contributed by atoms with van der Waals surface area (Å²) in [6, 6.07) is 17.5. The van der Waals surface area contributed by atoms with Crippen molar-refractivity contribution in [1.29, 1.82) is 0 Å². The second kappa shape index (κ2) is 8.09. The Labute approximate surface area is 167 Å². The summed E-state index contributed by atoms with van der Waals surface area (Å²) in [6.07, 6.45) is 0.937. The minimum absolute atomic E-state index is 0.259. The summed E-state index contributed by atoms with van der Waals surface area (Å²) in [5.41, 5.74) is 5.39. The SMILES string of the molecule is Oc1ccc2nc(-c3ccsc3)c(CNCCc3ccc(Cl)cc3)cc2c1. The molecule has 3 nitrogen and oxygen atoms in total. The Morgan fingerprint density at radius 1 is 1.04 bits per heavy atom. The molecular weight excluding hydrogens is 376 g/mol. The molecule has 0 spiro atoms. The van der Waals surface area contributed by atoms with Gasteiger partial charge in [0.1, 0.15) is 5.75 Å². The summed E-state index contributed by atoms with van der Waals surface area (Å²) >= 11 is 7.61. The summed E-state index contributed by atoms with van der Waals surface area (Å²) < 4.78 is 0. The lowest BCUT2D eigenvalue weighted by atomic mass is 10.0. The van der Waals surface area contributed by atoms with Gasteiger partial charge in [-0.2, -0.15) is 11.3 Å². The van der Waals surface area contributed by atoms with Crippen LogP contribution in [0.5, 0.6) is 5.75 Å². The molecule has 4 aromatic rings. The molecule has 2 aromatic carbocycles. The van der Waals surface area contributed by atoms with E-state index in [4.69, 9.17) is 16.6 Å². The predicted octanol–water partition coefficient (Wildman–Crippen LogP) is 5.65. The number of aromatic nitrogens is 1. The van der Waals surface area contributed by atoms with Gasteiger partial charge in [-0.15, -0.1) is 0 Å². The normalized spacial score (nSPS) is 11.1. The van der Waals surface area contributed by atoms with Gasteiger partial charge in [-0.3, -0.25) is 0 Å². The Hall–Kier alpha value is -2.40. The number of nitrogens with one attached hydrogen (secondary N) is 1. The maximum absolute atomic E-state index is 9.78. The minimum atomic E-state index is 0.259. The lowest BCUT2D eigenvalue weighted by Gasteiger charge is -2.11. The van der Waals surface area contributed by atoms with Gasteiger partial charge in [0.2, 0.25) is 0 Å². The van der Waals surface area contributed by atoms with Crippen LogP contribution in [-0.4, -0.2) is 16.6 Å². The fraction of sp³-hybridized carbons (Fsp3) is 0.136. The van der Waals surface area contributed by atoms with Crippen molar-refractivity contribution >= 4 is 33.8 Å². The molecule has 2 aromatic heterocycles. The standard InChI is InChI=1S/C22H19ClN2OS/c23-19-3-1-15(2-4-19)7-9-24-13-18-11-17-12-20(26)5-6-21(17)25-22(18)16-8-10-27-14-16/h1-6,8,10-12,14,24,26H,7,9,13H2. The van der Waals surface area contributed by atoms with Crippen molar-refractivity contribution in [3.8, 4) is 17.0 Å². The van der Waals surface area contributed by atoms with E-state index in [1.807, 2.05) is 18.2 Å². The largest absolute Gasteiger partial charge is 0.508 e. The van der Waals surface area contributed by atoms with Gasteiger partial charge < -0.3 is 10.4 Å². The summed E-state index contributed by atoms with van der Waals surface area (Å²) in [6.45, 7) is 1.58. The first-order valence-electron chi connectivity index (χ1n) is 8.79. The van der Waals surface area contributed by atoms with E-state index in [1.54, 1.807) is 23.5 Å². The average Bonchev–Trinajstić information content (AvgIpc) is 3.20. The highest BCUT2D eigenvalue weighted by Gasteiger charge is 2.10. The van der Waals surface area contributed by atoms with Crippen LogP contribution in [0.15, 0.2) is 65.4 Å². The van der Waals surface area contributed by atoms with Crippen LogP contribution >= 0.6 is 22.9 Å². The number of nitrogens with zero attached hydrogens (tertiary/aromatic N) is 1. The minimum Gasteiger partial charge on any atom is -0.508 e. The summed E-state index contributed by atoms with van der Waals surface area (Å²) in [5, 5.41) is 19.2. The maximum Gasteiger partial charge on any atom is 0.116 e. The van der Waals surface area contributed by atoms with Crippen LogP contribution in [0, 0.1) is 0 Å². The summed E-state index contributed by atoms with van der Waals surface area (Å²) in [4.78, 5) is 4.85. The van der Waals surface area contributed by atoms with Gasteiger partial charge in [0.15, 0.2) is 0 Å². The molecule has 0 bridgehead atoms. The Morgan fingerprint density at radius 3 is 2.67 bits per heavy atom. The molecule has 2 N–H and O–H groups in total. The molecule has 0 atom stereocenters. The van der Waals surface area contributed by atoms with E-state index in [1.165, 1.54) is 5.56 Å². The number of phenols is 1. The molecule has 0 saturated carbocycles. The van der Waals surface area contributed by atoms with Crippen LogP contribution in [0.3, 0.4) is 0 Å². The van der Waals surface area contributed by atoms with E-state index < -0.39 is 0 Å². The molecule has 0 aliphatic rings. The second-order valence-electron chi connectivity index (χ2n) is 6.44. The van der Waals surface area contributed by atoms with E-state index in [9.17, 15) is 5.11 Å². The van der Waals surface area contributed by atoms with Crippen molar-refractivity contribution in [2.45, 2.75) is 13.0 Å². The van der Waals surface area contributed by atoms with E-state index in [0.717, 1.165) is 52.3 Å². The van der Waals surface area contributed by atoms with Crippen LogP contribution in [0.4, 0.5) is 0 Å². The highest BCUT2D eigenvalue weighted by molar-refractivity contribution is 7.08. The summed E-state index contributed by atoms with van der Waals surface area (Å²) in [7, 11) is 0. The zero-order valence-corrected chi connectivity index (χ0v) is 16.2. The third kappa shape index (κ3) is 4.30. The second-order valence-corrected chi connectivity index (χ2v) is 7.65. The van der Waals surface area contributed by atoms with Crippen molar-refractivity contribution < 1.29 is 5.11 Å². The number of phenolic OH excluding ortho intramolecular Hbond substituents is 1. The van der Waals surface area contributed by atoms with Gasteiger partial charge in [0.05, 0.1) is 11.2 Å². The summed E-state index contributed by atoms with van der Waals surface area (Å²) in [5.74, 6) is 0.259. The first kappa shape index (κ1) is 18.0. The molecule has 4 rings (SSSR count). The van der Waals surface area contributed by atoms with Crippen LogP contribution in [0.25, 0.3) is 22.2 Å². The molecule has 0 aliphatic heterocycles. The third-order valence-electron chi connectivity index (χ3n) is 4.49. The van der Waals surface area contributed by atoms with E-state index in [0.29, 0.717) is 0 Å². The zero-order chi connectivity index (χ0) is 18.6. The van der Waals surface area contributed by atoms with Crippen LogP contribution in [-0.2, 0) is 13.0 Å². The first-order chi connectivity index (χ1) is 13.2. The van der Waals surface area contributed by atoms with Gasteiger partial charge in [-0.1, -0.05) is 23.7 Å². The quantitative estimate of drug-likeness (QED) is 0.415. The van der Waals surface area contributed by atoms with Gasteiger partial charge in [-0.25, -0.2) is 4.98 Å². The van der Waals surface area contributed by atoms with Crippen molar-refractivity contribution in [2.24, 2.45) is 0 Å². The lowest BCUT2D eigenvalue weighted by Crippen LogP contribution is -2.17. The fourth-order valence-corrected chi connectivity index (χ4v) is 3.86. The van der Waals surface area contributed by atoms with Gasteiger partial charge in [0, 0.05) is 27.9 Å². The molecular formula is C22H19ClN2OS. The van der Waals surface area contributed by atoms with Crippen LogP contribution < -0.4 is 5.32 Å². The van der Waals surface area contributed by atoms with Crippen LogP contribution in [0.2, 0.25) is 5.02 Å². The molecule has 27 heavy (non-hydrogen) atoms. The zero-order valence-electron chi connectivity index (χ0n) is 14.7. The lowest BCUT2D eigenvalue weighted by molar-refractivity contribution is 0.476. The molecule has 0 amide bonds. The molecule has 0 fully saturated rings. The number of fused-ring (bicyclic) bond motifs is 1. The smallest absolute Gasteiger partial charge is 0.116 e. The van der Waals surface area contributed by atoms with Crippen molar-refractivity contribution in [3.63, 3.8) is 0 Å². The highest BCUT2D eigenvalue weighted by Crippen LogP contribution is 2.29. The fourth-order valence-electron chi connectivity index (χ4n) is 3.10. The monoisotopic (exact) mass is 394 g/mol. The topological polar surface area (TPSA) is 45.2 Å². The molecule has 0 saturated heterocycles. The number of hydrogen-bond donors (Lipinski definition) is 2. The van der Waals surface area contributed by atoms with Crippen molar-refractivity contribution in [3.05, 3.63) is 81.5 Å². The van der Waals surface area contributed by atoms with Crippen LogP contribution in [0.1, 0.15) is 11.1 Å². The third-order valence-corrected chi connectivity index (χ3v) is 5.43. The Bertz CT molecular complexity index is 1050. The predicted molar refractivity (Wildman–Crippen MR) is 114 cm³/mol. The molecule has 0 aliphatic carbocycles. The average molecular weight is 395 g/mol. The van der Waals surface area contributed by atoms with Crippen molar-refractivity contribution in [1.82, 2.24) is 10.3 Å². The highest BCUT2D eigenvalue weighted by atomic mass is 35.5.